The molecule has 1 heterocycles. The van der Waals surface area contributed by atoms with Gasteiger partial charge in [-0.1, -0.05) is 30.7 Å². The molecule has 1 saturated heterocycles. The monoisotopic (exact) mass is 246 g/mol. The average Bonchev–Trinajstić information content (AvgIpc) is 2.59. The number of aryl methyl sites for hydroxylation is 2. The van der Waals surface area contributed by atoms with Crippen LogP contribution < -0.4 is 5.32 Å². The fourth-order valence-electron chi connectivity index (χ4n) is 2.70. The van der Waals surface area contributed by atoms with Crippen molar-refractivity contribution in [2.45, 2.75) is 46.2 Å². The van der Waals surface area contributed by atoms with Crippen LogP contribution in [0.25, 0.3) is 0 Å². The van der Waals surface area contributed by atoms with Gasteiger partial charge in [0, 0.05) is 19.1 Å². The number of nitrogens with zero attached hydrogens (tertiary/aromatic N) is 1. The van der Waals surface area contributed by atoms with Gasteiger partial charge >= 0.3 is 0 Å². The van der Waals surface area contributed by atoms with Crippen LogP contribution in [-0.2, 0) is 6.54 Å². The van der Waals surface area contributed by atoms with Crippen LogP contribution in [0.2, 0.25) is 0 Å². The van der Waals surface area contributed by atoms with Crippen LogP contribution in [0.3, 0.4) is 0 Å². The van der Waals surface area contributed by atoms with Crippen LogP contribution in [0.4, 0.5) is 0 Å². The standard InChI is InChI=1S/C16H26N2/c1-4-16-12-18(9-5-8-17-16)11-15-10-13(2)6-7-14(15)3/h6-7,10,16-17H,4-5,8-9,11-12H2,1-3H3. The SMILES string of the molecule is CCC1CN(Cc2cc(C)ccc2C)CCCN1. The van der Waals surface area contributed by atoms with Crippen molar-refractivity contribution < 1.29 is 0 Å². The molecule has 1 unspecified atom stereocenters. The molecule has 1 atom stereocenters. The third-order valence-electron chi connectivity index (χ3n) is 3.95. The minimum absolute atomic E-state index is 0.664. The summed E-state index contributed by atoms with van der Waals surface area (Å²) in [5.74, 6) is 0. The molecule has 1 aromatic carbocycles. The summed E-state index contributed by atoms with van der Waals surface area (Å²) in [5.41, 5.74) is 4.29. The van der Waals surface area contributed by atoms with Crippen molar-refractivity contribution in [3.05, 3.63) is 34.9 Å². The summed E-state index contributed by atoms with van der Waals surface area (Å²) in [7, 11) is 0. The van der Waals surface area contributed by atoms with Gasteiger partial charge in [-0.2, -0.15) is 0 Å². The molecular weight excluding hydrogens is 220 g/mol. The van der Waals surface area contributed by atoms with Crippen LogP contribution in [-0.4, -0.2) is 30.6 Å². The molecule has 2 heteroatoms. The van der Waals surface area contributed by atoms with E-state index in [1.165, 1.54) is 49.2 Å². The number of benzene rings is 1. The molecule has 0 amide bonds. The molecule has 2 rings (SSSR count). The topological polar surface area (TPSA) is 15.3 Å². The first-order valence-corrected chi connectivity index (χ1v) is 7.21. The molecule has 0 aromatic heterocycles. The first-order valence-electron chi connectivity index (χ1n) is 7.21. The van der Waals surface area contributed by atoms with E-state index in [-0.39, 0.29) is 0 Å². The Morgan fingerprint density at radius 2 is 2.17 bits per heavy atom. The number of nitrogens with one attached hydrogen (secondary N) is 1. The van der Waals surface area contributed by atoms with Crippen molar-refractivity contribution in [3.8, 4) is 0 Å². The van der Waals surface area contributed by atoms with E-state index >= 15 is 0 Å². The van der Waals surface area contributed by atoms with Gasteiger partial charge in [-0.25, -0.2) is 0 Å². The summed E-state index contributed by atoms with van der Waals surface area (Å²) < 4.78 is 0. The molecule has 2 nitrogen and oxygen atoms in total. The molecule has 0 saturated carbocycles. The zero-order valence-electron chi connectivity index (χ0n) is 12.0. The van der Waals surface area contributed by atoms with E-state index in [0.717, 1.165) is 6.54 Å². The second-order valence-electron chi connectivity index (χ2n) is 5.58. The quantitative estimate of drug-likeness (QED) is 0.882. The zero-order chi connectivity index (χ0) is 13.0. The highest BCUT2D eigenvalue weighted by atomic mass is 15.2. The average molecular weight is 246 g/mol. The largest absolute Gasteiger partial charge is 0.313 e. The lowest BCUT2D eigenvalue weighted by Gasteiger charge is -2.24. The maximum atomic E-state index is 3.63. The Hall–Kier alpha value is -0.860. The fourth-order valence-corrected chi connectivity index (χ4v) is 2.70. The summed E-state index contributed by atoms with van der Waals surface area (Å²) in [4.78, 5) is 2.61. The number of rotatable bonds is 3. The first-order chi connectivity index (χ1) is 8.69. The lowest BCUT2D eigenvalue weighted by molar-refractivity contribution is 0.257. The smallest absolute Gasteiger partial charge is 0.0237 e. The van der Waals surface area contributed by atoms with E-state index in [0.29, 0.717) is 6.04 Å². The highest BCUT2D eigenvalue weighted by Gasteiger charge is 2.16. The zero-order valence-corrected chi connectivity index (χ0v) is 12.0. The summed E-state index contributed by atoms with van der Waals surface area (Å²) in [6.45, 7) is 11.4. The molecule has 100 valence electrons. The predicted molar refractivity (Wildman–Crippen MR) is 77.9 cm³/mol. The summed E-state index contributed by atoms with van der Waals surface area (Å²) >= 11 is 0. The molecule has 1 fully saturated rings. The minimum Gasteiger partial charge on any atom is -0.313 e. The van der Waals surface area contributed by atoms with Gasteiger partial charge in [-0.15, -0.1) is 0 Å². The van der Waals surface area contributed by atoms with Crippen LogP contribution in [0, 0.1) is 13.8 Å². The lowest BCUT2D eigenvalue weighted by atomic mass is 10.0. The Balaban J connectivity index is 2.04. The highest BCUT2D eigenvalue weighted by molar-refractivity contribution is 5.30. The minimum atomic E-state index is 0.664. The Kier molecular flexibility index (Phi) is 4.79. The number of hydrogen-bond donors (Lipinski definition) is 1. The second-order valence-corrected chi connectivity index (χ2v) is 5.58. The maximum Gasteiger partial charge on any atom is 0.0237 e. The summed E-state index contributed by atoms with van der Waals surface area (Å²) in [6, 6.07) is 7.46. The van der Waals surface area contributed by atoms with Crippen molar-refractivity contribution in [1.29, 1.82) is 0 Å². The van der Waals surface area contributed by atoms with Gasteiger partial charge in [0.05, 0.1) is 0 Å². The number of hydrogen-bond acceptors (Lipinski definition) is 2. The third-order valence-corrected chi connectivity index (χ3v) is 3.95. The van der Waals surface area contributed by atoms with E-state index in [2.05, 4.69) is 49.2 Å². The molecule has 0 bridgehead atoms. The molecule has 1 aliphatic rings. The predicted octanol–water partition coefficient (Wildman–Crippen LogP) is 2.88. The lowest BCUT2D eigenvalue weighted by Crippen LogP contribution is -2.36. The summed E-state index contributed by atoms with van der Waals surface area (Å²) in [6.07, 6.45) is 2.49. The van der Waals surface area contributed by atoms with Crippen LogP contribution in [0.5, 0.6) is 0 Å². The van der Waals surface area contributed by atoms with Gasteiger partial charge in [0.25, 0.3) is 0 Å². The van der Waals surface area contributed by atoms with Crippen molar-refractivity contribution in [3.63, 3.8) is 0 Å². The molecule has 1 aliphatic heterocycles. The first kappa shape index (κ1) is 13.6. The molecule has 1 aromatic rings. The maximum absolute atomic E-state index is 3.63. The Morgan fingerprint density at radius 1 is 1.33 bits per heavy atom. The van der Waals surface area contributed by atoms with Gasteiger partial charge in [0.1, 0.15) is 0 Å². The van der Waals surface area contributed by atoms with Gasteiger partial charge in [0.2, 0.25) is 0 Å². The molecule has 0 radical (unpaired) electrons. The summed E-state index contributed by atoms with van der Waals surface area (Å²) in [5, 5.41) is 3.63. The Labute approximate surface area is 111 Å². The Bertz CT molecular complexity index is 387. The van der Waals surface area contributed by atoms with Gasteiger partial charge < -0.3 is 5.32 Å². The Morgan fingerprint density at radius 3 is 2.94 bits per heavy atom. The van der Waals surface area contributed by atoms with Crippen molar-refractivity contribution in [1.82, 2.24) is 10.2 Å². The van der Waals surface area contributed by atoms with Crippen molar-refractivity contribution in [2.75, 3.05) is 19.6 Å². The van der Waals surface area contributed by atoms with Crippen LogP contribution in [0.15, 0.2) is 18.2 Å². The molecular formula is C16H26N2. The molecule has 18 heavy (non-hydrogen) atoms. The molecule has 1 N–H and O–H groups in total. The highest BCUT2D eigenvalue weighted by Crippen LogP contribution is 2.15. The molecule has 0 aliphatic carbocycles. The fraction of sp³-hybridized carbons (Fsp3) is 0.625. The van der Waals surface area contributed by atoms with Gasteiger partial charge in [0.15, 0.2) is 0 Å². The van der Waals surface area contributed by atoms with E-state index in [9.17, 15) is 0 Å². The molecule has 0 spiro atoms. The normalized spacial score (nSPS) is 21.8. The van der Waals surface area contributed by atoms with Crippen LogP contribution >= 0.6 is 0 Å². The van der Waals surface area contributed by atoms with Crippen molar-refractivity contribution >= 4 is 0 Å². The van der Waals surface area contributed by atoms with E-state index in [1.807, 2.05) is 0 Å². The van der Waals surface area contributed by atoms with E-state index < -0.39 is 0 Å². The van der Waals surface area contributed by atoms with E-state index in [4.69, 9.17) is 0 Å². The van der Waals surface area contributed by atoms with Crippen LogP contribution in [0.1, 0.15) is 36.5 Å². The van der Waals surface area contributed by atoms with Gasteiger partial charge in [-0.3, -0.25) is 4.90 Å². The third kappa shape index (κ3) is 3.56. The van der Waals surface area contributed by atoms with E-state index in [1.54, 1.807) is 0 Å². The van der Waals surface area contributed by atoms with Crippen molar-refractivity contribution in [2.24, 2.45) is 0 Å². The second kappa shape index (κ2) is 6.35. The van der Waals surface area contributed by atoms with Gasteiger partial charge in [-0.05, 0) is 50.9 Å².